The van der Waals surface area contributed by atoms with E-state index in [1.807, 2.05) is 12.1 Å². The number of fused-ring (bicyclic) bond motifs is 1. The van der Waals surface area contributed by atoms with Crippen molar-refractivity contribution >= 4 is 17.4 Å². The van der Waals surface area contributed by atoms with E-state index in [0.717, 1.165) is 17.7 Å². The number of hydrogen-bond acceptors (Lipinski definition) is 4. The van der Waals surface area contributed by atoms with Gasteiger partial charge in [0.15, 0.2) is 0 Å². The van der Waals surface area contributed by atoms with Crippen molar-refractivity contribution in [3.05, 3.63) is 41.2 Å². The Balaban J connectivity index is 1.30. The minimum Gasteiger partial charge on any atom is -0.366 e. The summed E-state index contributed by atoms with van der Waals surface area (Å²) in [6.07, 6.45) is 3.65. The highest BCUT2D eigenvalue weighted by Gasteiger charge is 2.40. The molecule has 1 N–H and O–H groups in total. The Morgan fingerprint density at radius 3 is 2.41 bits per heavy atom. The van der Waals surface area contributed by atoms with Crippen LogP contribution in [-0.4, -0.2) is 40.8 Å². The van der Waals surface area contributed by atoms with Gasteiger partial charge in [-0.25, -0.2) is 4.39 Å². The maximum absolute atomic E-state index is 13.2. The number of benzene rings is 1. The number of nitrogens with one attached hydrogen (secondary N) is 1. The van der Waals surface area contributed by atoms with Gasteiger partial charge in [-0.15, -0.1) is 10.2 Å². The predicted octanol–water partition coefficient (Wildman–Crippen LogP) is 5.49. The summed E-state index contributed by atoms with van der Waals surface area (Å²) in [6.45, 7) is 10.6. The Morgan fingerprint density at radius 2 is 1.83 bits per heavy atom. The molecule has 1 aliphatic heterocycles. The first-order chi connectivity index (χ1) is 13.8. The second-order valence-electron chi connectivity index (χ2n) is 9.83. The molecule has 1 aromatic heterocycles. The Hall–Kier alpha value is -1.72. The summed E-state index contributed by atoms with van der Waals surface area (Å²) in [5.41, 5.74) is 1.75. The molecule has 2 unspecified atom stereocenters. The van der Waals surface area contributed by atoms with Gasteiger partial charge in [0.1, 0.15) is 11.6 Å². The van der Waals surface area contributed by atoms with E-state index in [-0.39, 0.29) is 5.82 Å². The summed E-state index contributed by atoms with van der Waals surface area (Å²) in [6, 6.07) is 8.61. The second kappa shape index (κ2) is 8.19. The first kappa shape index (κ1) is 20.5. The number of halogens is 2. The van der Waals surface area contributed by atoms with Crippen LogP contribution in [0.15, 0.2) is 30.3 Å². The number of nitrogens with zero attached hydrogens (tertiary/aromatic N) is 3. The van der Waals surface area contributed by atoms with Crippen LogP contribution in [0.5, 0.6) is 0 Å². The lowest BCUT2D eigenvalue weighted by molar-refractivity contribution is 0.250. The summed E-state index contributed by atoms with van der Waals surface area (Å²) >= 11 is 6.13. The lowest BCUT2D eigenvalue weighted by Gasteiger charge is -2.24. The second-order valence-corrected chi connectivity index (χ2v) is 10.2. The van der Waals surface area contributed by atoms with Crippen molar-refractivity contribution in [3.8, 4) is 11.3 Å². The summed E-state index contributed by atoms with van der Waals surface area (Å²) in [5.74, 6) is 2.02. The molecule has 0 bridgehead atoms. The first-order valence-electron chi connectivity index (χ1n) is 10.5. The van der Waals surface area contributed by atoms with Crippen LogP contribution in [0, 0.1) is 23.1 Å². The van der Waals surface area contributed by atoms with E-state index in [9.17, 15) is 4.39 Å². The molecule has 29 heavy (non-hydrogen) atoms. The zero-order valence-electron chi connectivity index (χ0n) is 17.5. The van der Waals surface area contributed by atoms with Crippen LogP contribution in [0.4, 0.5) is 10.2 Å². The van der Waals surface area contributed by atoms with E-state index in [1.54, 1.807) is 6.07 Å². The van der Waals surface area contributed by atoms with Crippen molar-refractivity contribution in [1.29, 1.82) is 0 Å². The number of aromatic nitrogens is 2. The fourth-order valence-corrected chi connectivity index (χ4v) is 4.91. The molecule has 1 aromatic carbocycles. The topological polar surface area (TPSA) is 41.0 Å². The molecule has 2 aromatic rings. The van der Waals surface area contributed by atoms with E-state index < -0.39 is 0 Å². The fourth-order valence-electron chi connectivity index (χ4n) is 4.65. The molecule has 2 aliphatic rings. The van der Waals surface area contributed by atoms with Crippen molar-refractivity contribution in [3.63, 3.8) is 0 Å². The molecule has 1 aliphatic carbocycles. The largest absolute Gasteiger partial charge is 0.366 e. The van der Waals surface area contributed by atoms with E-state index in [1.165, 1.54) is 51.0 Å². The summed E-state index contributed by atoms with van der Waals surface area (Å²) < 4.78 is 13.2. The molecule has 6 heteroatoms. The van der Waals surface area contributed by atoms with Gasteiger partial charge < -0.3 is 10.2 Å². The third-order valence-corrected chi connectivity index (χ3v) is 6.54. The molecule has 3 atom stereocenters. The minimum absolute atomic E-state index is 0.347. The molecule has 0 amide bonds. The van der Waals surface area contributed by atoms with E-state index in [0.29, 0.717) is 27.7 Å². The normalized spacial score (nSPS) is 24.7. The van der Waals surface area contributed by atoms with Gasteiger partial charge in [-0.3, -0.25) is 0 Å². The lowest BCUT2D eigenvalue weighted by Crippen LogP contribution is -2.28. The molecular weight excluding hydrogens is 387 g/mol. The van der Waals surface area contributed by atoms with Gasteiger partial charge in [0.2, 0.25) is 0 Å². The van der Waals surface area contributed by atoms with E-state index in [2.05, 4.69) is 41.2 Å². The number of rotatable bonds is 5. The lowest BCUT2D eigenvalue weighted by atomic mass is 9.92. The van der Waals surface area contributed by atoms with Gasteiger partial charge in [0.25, 0.3) is 0 Å². The van der Waals surface area contributed by atoms with Gasteiger partial charge in [-0.05, 0) is 73.4 Å². The molecule has 0 spiro atoms. The molecule has 4 rings (SSSR count). The van der Waals surface area contributed by atoms with Crippen LogP contribution in [0.2, 0.25) is 5.02 Å². The molecule has 1 saturated carbocycles. The number of likely N-dealkylation sites (tertiary alicyclic amines) is 1. The smallest absolute Gasteiger partial charge is 0.148 e. The van der Waals surface area contributed by atoms with Gasteiger partial charge in [-0.1, -0.05) is 32.4 Å². The van der Waals surface area contributed by atoms with Gasteiger partial charge in [0, 0.05) is 24.7 Å². The standard InChI is InChI=1S/C23H30ClFN4/c1-23(2,3)8-9-29-13-15-10-18(11-16(15)14-29)26-22-7-6-21(27-28-22)19-5-4-17(25)12-20(19)24/h4-7,12,15-16,18H,8-11,13-14H2,1-3H3,(H,26,28)/t15-,16?,18?/m0/s1. The number of hydrogen-bond donors (Lipinski definition) is 1. The molecule has 1 saturated heterocycles. The predicted molar refractivity (Wildman–Crippen MR) is 117 cm³/mol. The van der Waals surface area contributed by atoms with Crippen LogP contribution in [0.25, 0.3) is 11.3 Å². The van der Waals surface area contributed by atoms with Crippen LogP contribution < -0.4 is 5.32 Å². The highest BCUT2D eigenvalue weighted by atomic mass is 35.5. The highest BCUT2D eigenvalue weighted by Crippen LogP contribution is 2.39. The average Bonchev–Trinajstić information content (AvgIpc) is 3.18. The monoisotopic (exact) mass is 416 g/mol. The van der Waals surface area contributed by atoms with E-state index in [4.69, 9.17) is 11.6 Å². The van der Waals surface area contributed by atoms with Gasteiger partial charge in [-0.2, -0.15) is 0 Å². The molecular formula is C23H30ClFN4. The molecule has 4 nitrogen and oxygen atoms in total. The minimum atomic E-state index is -0.353. The SMILES string of the molecule is CC(C)(C)CCN1CC2CC(Nc3ccc(-c4ccc(F)cc4Cl)nn3)C[C@H]2C1. The van der Waals surface area contributed by atoms with Crippen LogP contribution in [0.1, 0.15) is 40.0 Å². The van der Waals surface area contributed by atoms with Crippen molar-refractivity contribution in [2.45, 2.75) is 46.1 Å². The van der Waals surface area contributed by atoms with Crippen LogP contribution in [-0.2, 0) is 0 Å². The fraction of sp³-hybridized carbons (Fsp3) is 0.565. The summed E-state index contributed by atoms with van der Waals surface area (Å²) in [5, 5.41) is 12.5. The zero-order chi connectivity index (χ0) is 20.6. The van der Waals surface area contributed by atoms with E-state index >= 15 is 0 Å². The Labute approximate surface area is 177 Å². The van der Waals surface area contributed by atoms with Crippen molar-refractivity contribution < 1.29 is 4.39 Å². The van der Waals surface area contributed by atoms with Gasteiger partial charge in [0.05, 0.1) is 10.7 Å². The third kappa shape index (κ3) is 5.07. The Bertz CT molecular complexity index is 835. The quantitative estimate of drug-likeness (QED) is 0.699. The molecule has 0 radical (unpaired) electrons. The van der Waals surface area contributed by atoms with Crippen molar-refractivity contribution in [2.75, 3.05) is 25.0 Å². The maximum Gasteiger partial charge on any atom is 0.148 e. The zero-order valence-corrected chi connectivity index (χ0v) is 18.2. The van der Waals surface area contributed by atoms with Crippen molar-refractivity contribution in [1.82, 2.24) is 15.1 Å². The first-order valence-corrected chi connectivity index (χ1v) is 10.9. The van der Waals surface area contributed by atoms with Crippen molar-refractivity contribution in [2.24, 2.45) is 17.3 Å². The molecule has 2 heterocycles. The molecule has 156 valence electrons. The van der Waals surface area contributed by atoms with Crippen LogP contribution in [0.3, 0.4) is 0 Å². The molecule has 2 fully saturated rings. The maximum atomic E-state index is 13.2. The Morgan fingerprint density at radius 1 is 1.10 bits per heavy atom. The summed E-state index contributed by atoms with van der Waals surface area (Å²) in [7, 11) is 0. The van der Waals surface area contributed by atoms with Crippen LogP contribution >= 0.6 is 11.6 Å². The average molecular weight is 417 g/mol. The summed E-state index contributed by atoms with van der Waals surface area (Å²) in [4.78, 5) is 2.65. The third-order valence-electron chi connectivity index (χ3n) is 6.23. The highest BCUT2D eigenvalue weighted by molar-refractivity contribution is 6.33. The van der Waals surface area contributed by atoms with Gasteiger partial charge >= 0.3 is 0 Å². The Kier molecular flexibility index (Phi) is 5.80. The number of anilines is 1.